The molecule has 0 aliphatic rings. The normalized spacial score (nSPS) is 11.2. The van der Waals surface area contributed by atoms with Gasteiger partial charge in [0.1, 0.15) is 0 Å². The van der Waals surface area contributed by atoms with Gasteiger partial charge in [-0.15, -0.1) is 0 Å². The van der Waals surface area contributed by atoms with Crippen molar-refractivity contribution in [3.63, 3.8) is 0 Å². The van der Waals surface area contributed by atoms with Gasteiger partial charge in [0.2, 0.25) is 0 Å². The molecule has 0 saturated heterocycles. The first kappa shape index (κ1) is 16.1. The molecule has 0 aromatic heterocycles. The van der Waals surface area contributed by atoms with E-state index in [-0.39, 0.29) is 17.7 Å². The van der Waals surface area contributed by atoms with Gasteiger partial charge >= 0.3 is 6.03 Å². The number of carbonyl (C=O) groups is 1. The quantitative estimate of drug-likeness (QED) is 0.888. The zero-order valence-corrected chi connectivity index (χ0v) is 13.0. The second-order valence-electron chi connectivity index (χ2n) is 5.86. The molecule has 2 amide bonds. The van der Waals surface area contributed by atoms with E-state index in [2.05, 4.69) is 10.6 Å². The van der Waals surface area contributed by atoms with Crippen LogP contribution in [0.25, 0.3) is 0 Å². The molecule has 1 rings (SSSR count). The van der Waals surface area contributed by atoms with Gasteiger partial charge in [-0.2, -0.15) is 0 Å². The third kappa shape index (κ3) is 5.38. The molecule has 0 radical (unpaired) electrons. The van der Waals surface area contributed by atoms with Crippen LogP contribution >= 0.6 is 0 Å². The Kier molecular flexibility index (Phi) is 5.25. The minimum atomic E-state index is -0.284. The molecule has 112 valence electrons. The first-order valence-electron chi connectivity index (χ1n) is 6.65. The Balaban J connectivity index is 2.83. The predicted molar refractivity (Wildman–Crippen MR) is 80.7 cm³/mol. The number of amides is 2. The van der Waals surface area contributed by atoms with Crippen LogP contribution in [0.3, 0.4) is 0 Å². The van der Waals surface area contributed by atoms with Crippen LogP contribution in [-0.4, -0.2) is 24.8 Å². The maximum atomic E-state index is 11.8. The van der Waals surface area contributed by atoms with Crippen molar-refractivity contribution in [1.82, 2.24) is 5.32 Å². The van der Waals surface area contributed by atoms with Crippen molar-refractivity contribution in [2.45, 2.75) is 46.3 Å². The Labute approximate surface area is 120 Å². The van der Waals surface area contributed by atoms with E-state index in [1.54, 1.807) is 25.3 Å². The third-order valence-corrected chi connectivity index (χ3v) is 2.27. The van der Waals surface area contributed by atoms with Gasteiger partial charge in [0, 0.05) is 17.3 Å². The summed E-state index contributed by atoms with van der Waals surface area (Å²) < 4.78 is 10.9. The van der Waals surface area contributed by atoms with Crippen molar-refractivity contribution in [3.05, 3.63) is 18.2 Å². The highest BCUT2D eigenvalue weighted by Crippen LogP contribution is 2.31. The van der Waals surface area contributed by atoms with Crippen molar-refractivity contribution in [2.24, 2.45) is 0 Å². The van der Waals surface area contributed by atoms with E-state index >= 15 is 0 Å². The average molecular weight is 280 g/mol. The van der Waals surface area contributed by atoms with E-state index in [0.29, 0.717) is 17.2 Å². The smallest absolute Gasteiger partial charge is 0.319 e. The molecule has 5 nitrogen and oxygen atoms in total. The van der Waals surface area contributed by atoms with Crippen molar-refractivity contribution in [1.29, 1.82) is 0 Å². The maximum absolute atomic E-state index is 11.8. The summed E-state index contributed by atoms with van der Waals surface area (Å²) in [5.74, 6) is 1.25. The van der Waals surface area contributed by atoms with Crippen LogP contribution in [0.2, 0.25) is 0 Å². The summed E-state index contributed by atoms with van der Waals surface area (Å²) in [6.45, 7) is 9.65. The number of benzene rings is 1. The van der Waals surface area contributed by atoms with Crippen LogP contribution in [0.4, 0.5) is 10.5 Å². The van der Waals surface area contributed by atoms with Crippen LogP contribution < -0.4 is 20.1 Å². The molecule has 0 unspecified atom stereocenters. The van der Waals surface area contributed by atoms with Gasteiger partial charge in [0.15, 0.2) is 11.5 Å². The Morgan fingerprint density at radius 1 is 1.20 bits per heavy atom. The highest BCUT2D eigenvalue weighted by atomic mass is 16.5. The minimum Gasteiger partial charge on any atom is -0.493 e. The molecule has 0 heterocycles. The molecule has 0 atom stereocenters. The van der Waals surface area contributed by atoms with Crippen molar-refractivity contribution >= 4 is 11.7 Å². The molecule has 1 aromatic rings. The predicted octanol–water partition coefficient (Wildman–Crippen LogP) is 3.40. The molecular formula is C15H24N2O3. The Bertz CT molecular complexity index is 465. The summed E-state index contributed by atoms with van der Waals surface area (Å²) in [6.07, 6.45) is 0.0301. The van der Waals surface area contributed by atoms with E-state index in [1.165, 1.54) is 0 Å². The Morgan fingerprint density at radius 2 is 1.85 bits per heavy atom. The lowest BCUT2D eigenvalue weighted by Crippen LogP contribution is -2.43. The lowest BCUT2D eigenvalue weighted by molar-refractivity contribution is 0.230. The lowest BCUT2D eigenvalue weighted by atomic mass is 10.1. The zero-order chi connectivity index (χ0) is 15.3. The average Bonchev–Trinajstić information content (AvgIpc) is 2.25. The number of hydrogen-bond donors (Lipinski definition) is 2. The number of rotatable bonds is 4. The number of ether oxygens (including phenoxy) is 2. The largest absolute Gasteiger partial charge is 0.493 e. The first-order chi connectivity index (χ1) is 9.21. The Hall–Kier alpha value is -1.91. The highest BCUT2D eigenvalue weighted by molar-refractivity contribution is 5.90. The van der Waals surface area contributed by atoms with Crippen molar-refractivity contribution < 1.29 is 14.3 Å². The summed E-state index contributed by atoms with van der Waals surface area (Å²) in [6, 6.07) is 5.04. The van der Waals surface area contributed by atoms with Crippen LogP contribution in [0.1, 0.15) is 34.6 Å². The molecule has 2 N–H and O–H groups in total. The second kappa shape index (κ2) is 6.50. The van der Waals surface area contributed by atoms with Gasteiger partial charge in [-0.05, 0) is 46.8 Å². The maximum Gasteiger partial charge on any atom is 0.319 e. The van der Waals surface area contributed by atoms with Crippen LogP contribution in [0.5, 0.6) is 11.5 Å². The molecule has 0 saturated carbocycles. The van der Waals surface area contributed by atoms with Gasteiger partial charge < -0.3 is 20.1 Å². The number of hydrogen-bond acceptors (Lipinski definition) is 3. The van der Waals surface area contributed by atoms with E-state index in [1.807, 2.05) is 34.6 Å². The standard InChI is InChI=1S/C15H24N2O3/c1-10(2)20-13-9-11(7-8-12(13)19-6)16-14(18)17-15(3,4)5/h7-10H,1-6H3,(H2,16,17,18). The fourth-order valence-corrected chi connectivity index (χ4v) is 1.60. The van der Waals surface area contributed by atoms with Gasteiger partial charge in [0.05, 0.1) is 13.2 Å². The molecule has 0 aliphatic carbocycles. The molecule has 20 heavy (non-hydrogen) atoms. The minimum absolute atomic E-state index is 0.0301. The summed E-state index contributed by atoms with van der Waals surface area (Å²) in [5.41, 5.74) is 0.372. The van der Waals surface area contributed by atoms with E-state index in [0.717, 1.165) is 0 Å². The lowest BCUT2D eigenvalue weighted by Gasteiger charge is -2.21. The molecule has 5 heteroatoms. The van der Waals surface area contributed by atoms with Gasteiger partial charge in [-0.3, -0.25) is 0 Å². The second-order valence-corrected chi connectivity index (χ2v) is 5.86. The summed E-state index contributed by atoms with van der Waals surface area (Å²) in [7, 11) is 1.59. The number of nitrogens with one attached hydrogen (secondary N) is 2. The third-order valence-electron chi connectivity index (χ3n) is 2.27. The summed E-state index contributed by atoms with van der Waals surface area (Å²) in [4.78, 5) is 11.8. The number of urea groups is 1. The molecule has 0 bridgehead atoms. The molecule has 0 spiro atoms. The van der Waals surface area contributed by atoms with Crippen LogP contribution in [0.15, 0.2) is 18.2 Å². The molecule has 0 fully saturated rings. The van der Waals surface area contributed by atoms with Gasteiger partial charge in [-0.25, -0.2) is 4.79 Å². The fourth-order valence-electron chi connectivity index (χ4n) is 1.60. The zero-order valence-electron chi connectivity index (χ0n) is 13.0. The SMILES string of the molecule is COc1ccc(NC(=O)NC(C)(C)C)cc1OC(C)C. The van der Waals surface area contributed by atoms with Gasteiger partial charge in [-0.1, -0.05) is 0 Å². The fraction of sp³-hybridized carbons (Fsp3) is 0.533. The topological polar surface area (TPSA) is 59.6 Å². The highest BCUT2D eigenvalue weighted by Gasteiger charge is 2.14. The van der Waals surface area contributed by atoms with E-state index in [9.17, 15) is 4.79 Å². The Morgan fingerprint density at radius 3 is 2.35 bits per heavy atom. The molecule has 1 aromatic carbocycles. The van der Waals surface area contributed by atoms with E-state index < -0.39 is 0 Å². The van der Waals surface area contributed by atoms with Gasteiger partial charge in [0.25, 0.3) is 0 Å². The summed E-state index contributed by atoms with van der Waals surface area (Å²) in [5, 5.41) is 5.61. The number of anilines is 1. The number of carbonyl (C=O) groups excluding carboxylic acids is 1. The van der Waals surface area contributed by atoms with Crippen molar-refractivity contribution in [3.8, 4) is 11.5 Å². The van der Waals surface area contributed by atoms with Crippen LogP contribution in [-0.2, 0) is 0 Å². The van der Waals surface area contributed by atoms with Crippen molar-refractivity contribution in [2.75, 3.05) is 12.4 Å². The van der Waals surface area contributed by atoms with E-state index in [4.69, 9.17) is 9.47 Å². The molecule has 0 aliphatic heterocycles. The number of methoxy groups -OCH3 is 1. The molecular weight excluding hydrogens is 256 g/mol. The summed E-state index contributed by atoms with van der Waals surface area (Å²) >= 11 is 0. The van der Waals surface area contributed by atoms with Crippen LogP contribution in [0, 0.1) is 0 Å². The monoisotopic (exact) mass is 280 g/mol. The first-order valence-corrected chi connectivity index (χ1v) is 6.65.